The Bertz CT molecular complexity index is 544. The number of hydrazine groups is 1. The molecule has 0 saturated carbocycles. The summed E-state index contributed by atoms with van der Waals surface area (Å²) in [4.78, 5) is 11.7. The molecule has 0 aliphatic carbocycles. The summed E-state index contributed by atoms with van der Waals surface area (Å²) in [6, 6.07) is 5.86. The lowest BCUT2D eigenvalue weighted by Crippen LogP contribution is -2.48. The van der Waals surface area contributed by atoms with E-state index >= 15 is 0 Å². The Hall–Kier alpha value is -1.34. The van der Waals surface area contributed by atoms with Crippen LogP contribution >= 0.6 is 28.1 Å². The Labute approximate surface area is 145 Å². The minimum atomic E-state index is -0.313. The van der Waals surface area contributed by atoms with Crippen LogP contribution in [-0.4, -0.2) is 24.2 Å². The number of carbonyl (C=O) groups is 1. The van der Waals surface area contributed by atoms with Crippen molar-refractivity contribution in [1.82, 2.24) is 16.2 Å². The van der Waals surface area contributed by atoms with Crippen LogP contribution in [0.3, 0.4) is 0 Å². The first kappa shape index (κ1) is 18.7. The molecule has 1 amide bonds. The van der Waals surface area contributed by atoms with Gasteiger partial charge in [-0.05, 0) is 58.2 Å². The number of rotatable bonds is 4. The number of hydrogen-bond acceptors (Lipinski definition) is 3. The topological polar surface area (TPSA) is 62.4 Å². The summed E-state index contributed by atoms with van der Waals surface area (Å²) in [5, 5.41) is 3.23. The number of ether oxygens (including phenoxy) is 1. The molecule has 0 aliphatic rings. The van der Waals surface area contributed by atoms with Gasteiger partial charge in [-0.15, -0.1) is 0 Å². The molecule has 0 unspecified atom stereocenters. The number of carbonyl (C=O) groups excluding carboxylic acids is 1. The number of amides is 1. The van der Waals surface area contributed by atoms with Gasteiger partial charge in [0.15, 0.2) is 11.7 Å². The van der Waals surface area contributed by atoms with E-state index in [9.17, 15) is 4.79 Å². The highest BCUT2D eigenvalue weighted by Gasteiger charge is 2.15. The van der Waals surface area contributed by atoms with Crippen LogP contribution in [0.15, 0.2) is 22.7 Å². The Balaban J connectivity index is 2.51. The summed E-state index contributed by atoms with van der Waals surface area (Å²) in [7, 11) is 0. The average Bonchev–Trinajstić information content (AvgIpc) is 2.43. The molecule has 0 saturated heterocycles. The molecule has 7 heteroatoms. The molecule has 122 valence electrons. The molecule has 1 rings (SSSR count). The number of halogens is 1. The van der Waals surface area contributed by atoms with Crippen LogP contribution < -0.4 is 20.9 Å². The molecule has 0 aliphatic heterocycles. The summed E-state index contributed by atoms with van der Waals surface area (Å²) in [6.07, 6.45) is 0. The van der Waals surface area contributed by atoms with E-state index < -0.39 is 0 Å². The van der Waals surface area contributed by atoms with Crippen LogP contribution in [0.4, 0.5) is 0 Å². The molecule has 0 aromatic heterocycles. The molecule has 0 heterocycles. The predicted molar refractivity (Wildman–Crippen MR) is 95.9 cm³/mol. The summed E-state index contributed by atoms with van der Waals surface area (Å²) >= 11 is 8.40. The van der Waals surface area contributed by atoms with Crippen molar-refractivity contribution in [3.63, 3.8) is 0 Å². The monoisotopic (exact) mass is 387 g/mol. The molecule has 0 bridgehead atoms. The lowest BCUT2D eigenvalue weighted by molar-refractivity contribution is -0.123. The van der Waals surface area contributed by atoms with Crippen molar-refractivity contribution in [2.24, 2.45) is 0 Å². The second-order valence-corrected chi connectivity index (χ2v) is 6.98. The van der Waals surface area contributed by atoms with Crippen LogP contribution in [0.25, 0.3) is 0 Å². The second kappa shape index (κ2) is 8.33. The van der Waals surface area contributed by atoms with Gasteiger partial charge >= 0.3 is 0 Å². The Kier molecular flexibility index (Phi) is 7.09. The molecular formula is C15H22BrN3O2S. The molecule has 0 atom stereocenters. The third kappa shape index (κ3) is 6.19. The van der Waals surface area contributed by atoms with Gasteiger partial charge in [0.25, 0.3) is 5.91 Å². The highest BCUT2D eigenvalue weighted by atomic mass is 79.9. The maximum absolute atomic E-state index is 11.7. The van der Waals surface area contributed by atoms with Crippen molar-refractivity contribution in [2.45, 2.75) is 33.1 Å². The zero-order valence-electron chi connectivity index (χ0n) is 13.2. The van der Waals surface area contributed by atoms with E-state index in [-0.39, 0.29) is 17.9 Å². The predicted octanol–water partition coefficient (Wildman–Crippen LogP) is 2.64. The summed E-state index contributed by atoms with van der Waals surface area (Å²) in [5.41, 5.74) is 6.30. The van der Waals surface area contributed by atoms with Crippen molar-refractivity contribution in [3.8, 4) is 5.75 Å². The molecular weight excluding hydrogens is 366 g/mol. The smallest absolute Gasteiger partial charge is 0.276 e. The quantitative estimate of drug-likeness (QED) is 0.547. The fraction of sp³-hybridized carbons (Fsp3) is 0.467. The molecule has 3 N–H and O–H groups in total. The zero-order valence-corrected chi connectivity index (χ0v) is 15.7. The molecule has 0 fully saturated rings. The minimum Gasteiger partial charge on any atom is -0.483 e. The van der Waals surface area contributed by atoms with Crippen molar-refractivity contribution in [3.05, 3.63) is 28.2 Å². The van der Waals surface area contributed by atoms with Crippen LogP contribution in [-0.2, 0) is 10.2 Å². The maximum Gasteiger partial charge on any atom is 0.276 e. The van der Waals surface area contributed by atoms with E-state index in [2.05, 4.69) is 52.9 Å². The largest absolute Gasteiger partial charge is 0.483 e. The fourth-order valence-corrected chi connectivity index (χ4v) is 2.28. The molecule has 0 spiro atoms. The standard InChI is InChI=1S/C15H22BrN3O2S/c1-5-17-14(22)19-18-13(20)9-21-12-7-6-10(8-11(12)16)15(2,3)4/h6-8H,5,9H2,1-4H3,(H,18,20)(H2,17,19,22). The lowest BCUT2D eigenvalue weighted by atomic mass is 9.87. The SMILES string of the molecule is CCNC(=S)NNC(=O)COc1ccc(C(C)(C)C)cc1Br. The third-order valence-electron chi connectivity index (χ3n) is 2.81. The zero-order chi connectivity index (χ0) is 16.8. The van der Waals surface area contributed by atoms with Crippen molar-refractivity contribution >= 4 is 39.2 Å². The van der Waals surface area contributed by atoms with Gasteiger partial charge in [-0.2, -0.15) is 0 Å². The second-order valence-electron chi connectivity index (χ2n) is 5.72. The first-order valence-electron chi connectivity index (χ1n) is 6.99. The highest BCUT2D eigenvalue weighted by molar-refractivity contribution is 9.10. The van der Waals surface area contributed by atoms with Gasteiger partial charge in [0.1, 0.15) is 5.75 Å². The molecule has 5 nitrogen and oxygen atoms in total. The van der Waals surface area contributed by atoms with Crippen LogP contribution in [0.1, 0.15) is 33.3 Å². The van der Waals surface area contributed by atoms with Crippen LogP contribution in [0.5, 0.6) is 5.75 Å². The lowest BCUT2D eigenvalue weighted by Gasteiger charge is -2.20. The van der Waals surface area contributed by atoms with E-state index in [1.54, 1.807) is 0 Å². The van der Waals surface area contributed by atoms with E-state index in [1.807, 2.05) is 25.1 Å². The van der Waals surface area contributed by atoms with Gasteiger partial charge in [0, 0.05) is 6.54 Å². The maximum atomic E-state index is 11.7. The molecule has 0 radical (unpaired) electrons. The third-order valence-corrected chi connectivity index (χ3v) is 3.68. The number of nitrogens with one attached hydrogen (secondary N) is 3. The van der Waals surface area contributed by atoms with Gasteiger partial charge in [0.05, 0.1) is 4.47 Å². The fourth-order valence-electron chi connectivity index (χ4n) is 1.60. The first-order valence-corrected chi connectivity index (χ1v) is 8.19. The van der Waals surface area contributed by atoms with Crippen LogP contribution in [0.2, 0.25) is 0 Å². The number of hydrogen-bond donors (Lipinski definition) is 3. The molecule has 1 aromatic carbocycles. The van der Waals surface area contributed by atoms with E-state index in [0.29, 0.717) is 17.4 Å². The highest BCUT2D eigenvalue weighted by Crippen LogP contribution is 2.31. The van der Waals surface area contributed by atoms with Crippen LogP contribution in [0, 0.1) is 0 Å². The van der Waals surface area contributed by atoms with Gasteiger partial charge in [-0.25, -0.2) is 0 Å². The van der Waals surface area contributed by atoms with Crippen molar-refractivity contribution in [1.29, 1.82) is 0 Å². The summed E-state index contributed by atoms with van der Waals surface area (Å²) in [6.45, 7) is 8.92. The number of thiocarbonyl (C=S) groups is 1. The number of benzene rings is 1. The van der Waals surface area contributed by atoms with E-state index in [0.717, 1.165) is 4.47 Å². The average molecular weight is 388 g/mol. The Morgan fingerprint density at radius 3 is 2.55 bits per heavy atom. The van der Waals surface area contributed by atoms with Gasteiger partial charge in [0.2, 0.25) is 0 Å². The van der Waals surface area contributed by atoms with Gasteiger partial charge in [-0.1, -0.05) is 26.8 Å². The molecule has 1 aromatic rings. The Morgan fingerprint density at radius 1 is 1.32 bits per heavy atom. The normalized spacial score (nSPS) is 10.8. The Morgan fingerprint density at radius 2 is 2.00 bits per heavy atom. The first-order chi connectivity index (χ1) is 10.2. The van der Waals surface area contributed by atoms with E-state index in [1.165, 1.54) is 5.56 Å². The minimum absolute atomic E-state index is 0.0598. The van der Waals surface area contributed by atoms with Crippen molar-refractivity contribution < 1.29 is 9.53 Å². The van der Waals surface area contributed by atoms with Gasteiger partial charge in [-0.3, -0.25) is 15.6 Å². The van der Waals surface area contributed by atoms with E-state index in [4.69, 9.17) is 17.0 Å². The summed E-state index contributed by atoms with van der Waals surface area (Å²) < 4.78 is 6.32. The molecule has 22 heavy (non-hydrogen) atoms. The summed E-state index contributed by atoms with van der Waals surface area (Å²) in [5.74, 6) is 0.310. The van der Waals surface area contributed by atoms with Gasteiger partial charge < -0.3 is 10.1 Å². The van der Waals surface area contributed by atoms with Crippen molar-refractivity contribution in [2.75, 3.05) is 13.2 Å².